The highest BCUT2D eigenvalue weighted by Gasteiger charge is 2.50. The van der Waals surface area contributed by atoms with E-state index in [1.807, 2.05) is 18.2 Å². The molecule has 21 heavy (non-hydrogen) atoms. The number of hydrogen-bond acceptors (Lipinski definition) is 5. The number of aliphatic hydroxyl groups excluding tert-OH is 2. The van der Waals surface area contributed by atoms with Gasteiger partial charge in [0.1, 0.15) is 11.9 Å². The Hall–Kier alpha value is -1.72. The van der Waals surface area contributed by atoms with Crippen molar-refractivity contribution < 1.29 is 19.7 Å². The Labute approximate surface area is 122 Å². The molecule has 4 atom stereocenters. The molecule has 2 N–H and O–H groups in total. The van der Waals surface area contributed by atoms with E-state index in [-0.39, 0.29) is 24.5 Å². The molecule has 0 aromatic heterocycles. The lowest BCUT2D eigenvalue weighted by molar-refractivity contribution is 0.0516. The molecule has 3 aliphatic heterocycles. The Morgan fingerprint density at radius 1 is 1.19 bits per heavy atom. The molecule has 5 nitrogen and oxygen atoms in total. The standard InChI is InChI=1S/C16H17NO4/c18-11-3-8-1-2-17-6-9-4-12-13(21-7-20-12)5-10(9)14(15(8)17)16(11)19/h3-5,8,14-16,18-19H,1-2,6-7H2/t8-,14-,15-,16+/m0/s1. The summed E-state index contributed by atoms with van der Waals surface area (Å²) in [7, 11) is 0. The van der Waals surface area contributed by atoms with Crippen LogP contribution in [0.25, 0.3) is 0 Å². The van der Waals surface area contributed by atoms with Crippen LogP contribution in [-0.4, -0.2) is 40.6 Å². The summed E-state index contributed by atoms with van der Waals surface area (Å²) in [4.78, 5) is 2.42. The van der Waals surface area contributed by atoms with E-state index in [9.17, 15) is 10.2 Å². The minimum atomic E-state index is -0.828. The minimum absolute atomic E-state index is 0.0826. The van der Waals surface area contributed by atoms with Gasteiger partial charge in [-0.3, -0.25) is 4.90 Å². The highest BCUT2D eigenvalue weighted by Crippen LogP contribution is 2.50. The van der Waals surface area contributed by atoms with Crippen LogP contribution in [0.5, 0.6) is 11.5 Å². The molecule has 0 bridgehead atoms. The molecule has 1 fully saturated rings. The van der Waals surface area contributed by atoms with Gasteiger partial charge in [-0.25, -0.2) is 0 Å². The van der Waals surface area contributed by atoms with Crippen molar-refractivity contribution >= 4 is 0 Å². The van der Waals surface area contributed by atoms with Crippen molar-refractivity contribution in [2.24, 2.45) is 5.92 Å². The largest absolute Gasteiger partial charge is 0.510 e. The first-order valence-corrected chi connectivity index (χ1v) is 7.47. The number of aliphatic hydroxyl groups is 2. The van der Waals surface area contributed by atoms with Crippen molar-refractivity contribution in [1.82, 2.24) is 4.90 Å². The van der Waals surface area contributed by atoms with Gasteiger partial charge in [-0.2, -0.15) is 0 Å². The van der Waals surface area contributed by atoms with E-state index in [4.69, 9.17) is 9.47 Å². The van der Waals surface area contributed by atoms with Gasteiger partial charge < -0.3 is 19.7 Å². The van der Waals surface area contributed by atoms with E-state index in [0.29, 0.717) is 5.92 Å². The number of benzene rings is 1. The third-order valence-electron chi connectivity index (χ3n) is 5.37. The third-order valence-corrected chi connectivity index (χ3v) is 5.37. The monoisotopic (exact) mass is 287 g/mol. The lowest BCUT2D eigenvalue weighted by Gasteiger charge is -2.44. The maximum atomic E-state index is 10.5. The van der Waals surface area contributed by atoms with Crippen molar-refractivity contribution in [3.63, 3.8) is 0 Å². The van der Waals surface area contributed by atoms with Crippen LogP contribution < -0.4 is 9.47 Å². The van der Waals surface area contributed by atoms with Crippen molar-refractivity contribution in [1.29, 1.82) is 0 Å². The summed E-state index contributed by atoms with van der Waals surface area (Å²) in [5.41, 5.74) is 2.27. The van der Waals surface area contributed by atoms with Crippen molar-refractivity contribution in [2.75, 3.05) is 13.3 Å². The summed E-state index contributed by atoms with van der Waals surface area (Å²) in [6.07, 6.45) is 2.06. The van der Waals surface area contributed by atoms with Crippen LogP contribution in [0, 0.1) is 5.92 Å². The summed E-state index contributed by atoms with van der Waals surface area (Å²) in [5.74, 6) is 1.90. The Morgan fingerprint density at radius 2 is 2.00 bits per heavy atom. The average molecular weight is 287 g/mol. The zero-order valence-electron chi connectivity index (χ0n) is 11.5. The fourth-order valence-corrected chi connectivity index (χ4v) is 4.47. The van der Waals surface area contributed by atoms with Crippen LogP contribution in [0.3, 0.4) is 0 Å². The van der Waals surface area contributed by atoms with Gasteiger partial charge in [0.15, 0.2) is 11.5 Å². The number of hydrogen-bond donors (Lipinski definition) is 2. The van der Waals surface area contributed by atoms with E-state index in [2.05, 4.69) is 4.90 Å². The van der Waals surface area contributed by atoms with Gasteiger partial charge in [-0.05, 0) is 48.2 Å². The van der Waals surface area contributed by atoms with Crippen molar-refractivity contribution in [2.45, 2.75) is 31.0 Å². The van der Waals surface area contributed by atoms with E-state index < -0.39 is 6.10 Å². The van der Waals surface area contributed by atoms with Crippen LogP contribution in [0.1, 0.15) is 23.5 Å². The van der Waals surface area contributed by atoms with Gasteiger partial charge in [0.2, 0.25) is 6.79 Å². The van der Waals surface area contributed by atoms with Gasteiger partial charge in [0.05, 0.1) is 0 Å². The SMILES string of the molecule is OC1=C[C@@H]2CCN3Cc4cc5c(cc4[C@@H]([C@H]23)[C@@H]1O)OCO5. The Balaban J connectivity index is 1.70. The molecule has 0 radical (unpaired) electrons. The van der Waals surface area contributed by atoms with E-state index in [0.717, 1.165) is 36.6 Å². The average Bonchev–Trinajstić information content (AvgIpc) is 3.08. The van der Waals surface area contributed by atoms with Crippen LogP contribution >= 0.6 is 0 Å². The van der Waals surface area contributed by atoms with Crippen LogP contribution in [-0.2, 0) is 6.54 Å². The molecular formula is C16H17NO4. The summed E-state index contributed by atoms with van der Waals surface area (Å²) < 4.78 is 10.9. The summed E-state index contributed by atoms with van der Waals surface area (Å²) in [6, 6.07) is 4.31. The molecule has 5 rings (SSSR count). The maximum absolute atomic E-state index is 10.5. The highest BCUT2D eigenvalue weighted by molar-refractivity contribution is 5.52. The van der Waals surface area contributed by atoms with Crippen LogP contribution in [0.15, 0.2) is 24.0 Å². The molecule has 5 heteroatoms. The molecule has 1 aromatic carbocycles. The smallest absolute Gasteiger partial charge is 0.231 e. The quantitative estimate of drug-likeness (QED) is 0.757. The molecule has 1 saturated heterocycles. The summed E-state index contributed by atoms with van der Waals surface area (Å²) in [6.45, 7) is 2.15. The Kier molecular flexibility index (Phi) is 2.22. The van der Waals surface area contributed by atoms with Gasteiger partial charge in [-0.1, -0.05) is 0 Å². The lowest BCUT2D eigenvalue weighted by Crippen LogP contribution is -2.48. The first kappa shape index (κ1) is 11.9. The Morgan fingerprint density at radius 3 is 2.86 bits per heavy atom. The summed E-state index contributed by atoms with van der Waals surface area (Å²) in [5, 5.41) is 20.6. The number of rotatable bonds is 0. The molecule has 1 aliphatic carbocycles. The molecule has 0 amide bonds. The molecular weight excluding hydrogens is 270 g/mol. The van der Waals surface area contributed by atoms with Crippen molar-refractivity contribution in [3.8, 4) is 11.5 Å². The molecule has 0 spiro atoms. The minimum Gasteiger partial charge on any atom is -0.510 e. The first-order valence-electron chi connectivity index (χ1n) is 7.47. The molecule has 0 saturated carbocycles. The predicted molar refractivity (Wildman–Crippen MR) is 74.3 cm³/mol. The topological polar surface area (TPSA) is 62.2 Å². The van der Waals surface area contributed by atoms with Gasteiger partial charge in [0, 0.05) is 18.5 Å². The lowest BCUT2D eigenvalue weighted by atomic mass is 9.72. The van der Waals surface area contributed by atoms with E-state index in [1.165, 1.54) is 5.56 Å². The van der Waals surface area contributed by atoms with E-state index >= 15 is 0 Å². The second-order valence-corrected chi connectivity index (χ2v) is 6.38. The predicted octanol–water partition coefficient (Wildman–Crippen LogP) is 1.52. The van der Waals surface area contributed by atoms with Gasteiger partial charge in [-0.15, -0.1) is 0 Å². The number of fused-ring (bicyclic) bond motifs is 3. The second kappa shape index (κ2) is 3.93. The fraction of sp³-hybridized carbons (Fsp3) is 0.500. The first-order chi connectivity index (χ1) is 10.2. The molecule has 0 unspecified atom stereocenters. The summed E-state index contributed by atoms with van der Waals surface area (Å²) >= 11 is 0. The van der Waals surface area contributed by atoms with Crippen LogP contribution in [0.4, 0.5) is 0 Å². The number of ether oxygens (including phenoxy) is 2. The fourth-order valence-electron chi connectivity index (χ4n) is 4.47. The zero-order chi connectivity index (χ0) is 14.1. The molecule has 4 aliphatic rings. The third kappa shape index (κ3) is 1.48. The number of nitrogens with zero attached hydrogens (tertiary/aromatic N) is 1. The molecule has 3 heterocycles. The van der Waals surface area contributed by atoms with Crippen molar-refractivity contribution in [3.05, 3.63) is 35.1 Å². The van der Waals surface area contributed by atoms with E-state index in [1.54, 1.807) is 0 Å². The van der Waals surface area contributed by atoms with Gasteiger partial charge >= 0.3 is 0 Å². The van der Waals surface area contributed by atoms with Gasteiger partial charge in [0.25, 0.3) is 0 Å². The zero-order valence-corrected chi connectivity index (χ0v) is 11.5. The maximum Gasteiger partial charge on any atom is 0.231 e. The molecule has 1 aromatic rings. The van der Waals surface area contributed by atoms with Crippen LogP contribution in [0.2, 0.25) is 0 Å². The highest BCUT2D eigenvalue weighted by atomic mass is 16.7. The Bertz CT molecular complexity index is 656. The second-order valence-electron chi connectivity index (χ2n) is 6.38. The normalized spacial score (nSPS) is 36.1. The molecule has 110 valence electrons.